The first-order valence-electron chi connectivity index (χ1n) is 10.2. The molecule has 0 saturated carbocycles. The second-order valence-corrected chi connectivity index (χ2v) is 7.19. The molecule has 1 N–H and O–H groups in total. The summed E-state index contributed by atoms with van der Waals surface area (Å²) in [7, 11) is 0. The van der Waals surface area contributed by atoms with E-state index >= 15 is 0 Å². The molecule has 0 fully saturated rings. The van der Waals surface area contributed by atoms with Crippen LogP contribution >= 0.6 is 0 Å². The number of ether oxygens (including phenoxy) is 3. The van der Waals surface area contributed by atoms with Gasteiger partial charge >= 0.3 is 5.97 Å². The summed E-state index contributed by atoms with van der Waals surface area (Å²) in [4.78, 5) is 35.8. The fourth-order valence-corrected chi connectivity index (χ4v) is 3.27. The standard InChI is InChI=1S/C24H20N2O7/c27-21(17-7-9-22-23(13-17)32-11-10-31-22)15-33-24(28)18-6-8-19(20(12-18)26(29)30)25-14-16-4-2-1-3-5-16/h1-9,12-13,25H,10-11,14-15H2. The van der Waals surface area contributed by atoms with Crippen molar-refractivity contribution in [3.8, 4) is 11.5 Å². The van der Waals surface area contributed by atoms with Crippen LogP contribution in [0.25, 0.3) is 0 Å². The molecule has 9 nitrogen and oxygen atoms in total. The smallest absolute Gasteiger partial charge is 0.338 e. The Morgan fingerprint density at radius 1 is 0.939 bits per heavy atom. The number of fused-ring (bicyclic) bond motifs is 1. The van der Waals surface area contributed by atoms with Gasteiger partial charge in [0.2, 0.25) is 0 Å². The second-order valence-electron chi connectivity index (χ2n) is 7.19. The third kappa shape index (κ3) is 5.27. The molecule has 4 rings (SSSR count). The topological polar surface area (TPSA) is 117 Å². The molecule has 0 aromatic heterocycles. The first-order chi connectivity index (χ1) is 16.0. The van der Waals surface area contributed by atoms with Gasteiger partial charge in [-0.1, -0.05) is 30.3 Å². The van der Waals surface area contributed by atoms with Crippen LogP contribution in [0.1, 0.15) is 26.3 Å². The molecule has 3 aromatic rings. The van der Waals surface area contributed by atoms with E-state index in [2.05, 4.69) is 5.32 Å². The lowest BCUT2D eigenvalue weighted by Crippen LogP contribution is -2.17. The predicted molar refractivity (Wildman–Crippen MR) is 119 cm³/mol. The molecule has 168 valence electrons. The van der Waals surface area contributed by atoms with Gasteiger partial charge < -0.3 is 19.5 Å². The zero-order valence-electron chi connectivity index (χ0n) is 17.5. The van der Waals surface area contributed by atoms with E-state index in [1.165, 1.54) is 18.2 Å². The highest BCUT2D eigenvalue weighted by Gasteiger charge is 2.20. The van der Waals surface area contributed by atoms with Gasteiger partial charge in [-0.3, -0.25) is 14.9 Å². The summed E-state index contributed by atoms with van der Waals surface area (Å²) < 4.78 is 16.0. The zero-order valence-corrected chi connectivity index (χ0v) is 17.5. The van der Waals surface area contributed by atoms with Crippen LogP contribution in [0.2, 0.25) is 0 Å². The monoisotopic (exact) mass is 448 g/mol. The lowest BCUT2D eigenvalue weighted by atomic mass is 10.1. The summed E-state index contributed by atoms with van der Waals surface area (Å²) in [5, 5.41) is 14.5. The number of nitrogens with one attached hydrogen (secondary N) is 1. The van der Waals surface area contributed by atoms with Crippen molar-refractivity contribution >= 4 is 23.1 Å². The summed E-state index contributed by atoms with van der Waals surface area (Å²) in [5.74, 6) is -0.273. The lowest BCUT2D eigenvalue weighted by Gasteiger charge is -2.18. The molecule has 0 unspecified atom stereocenters. The van der Waals surface area contributed by atoms with Gasteiger partial charge in [0.1, 0.15) is 18.9 Å². The third-order valence-corrected chi connectivity index (χ3v) is 4.95. The molecule has 0 aliphatic carbocycles. The van der Waals surface area contributed by atoms with E-state index < -0.39 is 23.3 Å². The predicted octanol–water partition coefficient (Wildman–Crippen LogP) is 4.02. The molecule has 33 heavy (non-hydrogen) atoms. The molecule has 1 aliphatic rings. The second kappa shape index (κ2) is 9.82. The summed E-state index contributed by atoms with van der Waals surface area (Å²) in [6.45, 7) is 0.689. The van der Waals surface area contributed by atoms with Crippen molar-refractivity contribution in [2.45, 2.75) is 6.54 Å². The Morgan fingerprint density at radius 2 is 1.67 bits per heavy atom. The summed E-state index contributed by atoms with van der Waals surface area (Å²) in [6.07, 6.45) is 0. The van der Waals surface area contributed by atoms with Crippen molar-refractivity contribution < 1.29 is 28.7 Å². The van der Waals surface area contributed by atoms with Crippen LogP contribution < -0.4 is 14.8 Å². The third-order valence-electron chi connectivity index (χ3n) is 4.95. The number of rotatable bonds is 8. The van der Waals surface area contributed by atoms with Crippen LogP contribution in [-0.2, 0) is 11.3 Å². The van der Waals surface area contributed by atoms with Crippen molar-refractivity contribution in [1.82, 2.24) is 0 Å². The average molecular weight is 448 g/mol. The number of hydrogen-bond acceptors (Lipinski definition) is 8. The Hall–Kier alpha value is -4.40. The SMILES string of the molecule is O=C(COC(=O)c1ccc(NCc2ccccc2)c([N+](=O)[O-])c1)c1ccc2c(c1)OCCO2. The number of nitrogens with zero attached hydrogens (tertiary/aromatic N) is 1. The molecule has 0 saturated heterocycles. The molecule has 0 spiro atoms. The number of ketones is 1. The highest BCUT2D eigenvalue weighted by Crippen LogP contribution is 2.31. The van der Waals surface area contributed by atoms with E-state index in [4.69, 9.17) is 14.2 Å². The highest BCUT2D eigenvalue weighted by molar-refractivity contribution is 6.00. The zero-order chi connectivity index (χ0) is 23.2. The van der Waals surface area contributed by atoms with Crippen LogP contribution in [0.5, 0.6) is 11.5 Å². The summed E-state index contributed by atoms with van der Waals surface area (Å²) in [5.41, 5.74) is 1.24. The van der Waals surface area contributed by atoms with E-state index in [0.717, 1.165) is 11.6 Å². The minimum Gasteiger partial charge on any atom is -0.486 e. The van der Waals surface area contributed by atoms with E-state index in [9.17, 15) is 19.7 Å². The van der Waals surface area contributed by atoms with Crippen molar-refractivity contribution in [2.24, 2.45) is 0 Å². The first-order valence-corrected chi connectivity index (χ1v) is 10.2. The van der Waals surface area contributed by atoms with Gasteiger partial charge in [0, 0.05) is 18.2 Å². The number of carbonyl (C=O) groups excluding carboxylic acids is 2. The van der Waals surface area contributed by atoms with Gasteiger partial charge in [-0.15, -0.1) is 0 Å². The number of anilines is 1. The highest BCUT2D eigenvalue weighted by atomic mass is 16.6. The van der Waals surface area contributed by atoms with Crippen molar-refractivity contribution in [1.29, 1.82) is 0 Å². The van der Waals surface area contributed by atoms with Gasteiger partial charge in [-0.05, 0) is 35.9 Å². The summed E-state index contributed by atoms with van der Waals surface area (Å²) in [6, 6.07) is 18.1. The Bertz CT molecular complexity index is 1190. The maximum Gasteiger partial charge on any atom is 0.338 e. The molecule has 0 amide bonds. The van der Waals surface area contributed by atoms with Crippen LogP contribution in [0.15, 0.2) is 66.7 Å². The average Bonchev–Trinajstić information content (AvgIpc) is 2.86. The molecule has 9 heteroatoms. The van der Waals surface area contributed by atoms with Gasteiger partial charge in [0.15, 0.2) is 23.9 Å². The Kier molecular flexibility index (Phi) is 6.49. The number of nitro benzene ring substituents is 1. The number of carbonyl (C=O) groups is 2. The lowest BCUT2D eigenvalue weighted by molar-refractivity contribution is -0.384. The molecule has 0 radical (unpaired) electrons. The Labute approximate surface area is 189 Å². The minimum atomic E-state index is -0.835. The molecular weight excluding hydrogens is 428 g/mol. The molecule has 0 atom stereocenters. The Balaban J connectivity index is 1.40. The van der Waals surface area contributed by atoms with Gasteiger partial charge in [-0.2, -0.15) is 0 Å². The molecule has 1 aliphatic heterocycles. The van der Waals surface area contributed by atoms with Crippen molar-refractivity contribution in [3.63, 3.8) is 0 Å². The largest absolute Gasteiger partial charge is 0.486 e. The molecule has 1 heterocycles. The van der Waals surface area contributed by atoms with Crippen LogP contribution in [0.3, 0.4) is 0 Å². The van der Waals surface area contributed by atoms with Crippen LogP contribution in [0, 0.1) is 10.1 Å². The number of nitro groups is 1. The van der Waals surface area contributed by atoms with E-state index in [0.29, 0.717) is 36.8 Å². The normalized spacial score (nSPS) is 12.0. The van der Waals surface area contributed by atoms with E-state index in [1.807, 2.05) is 30.3 Å². The molecule has 0 bridgehead atoms. The van der Waals surface area contributed by atoms with Crippen molar-refractivity contribution in [3.05, 3.63) is 93.5 Å². The molecule has 3 aromatic carbocycles. The molecular formula is C24H20N2O7. The minimum absolute atomic E-state index is 0.0260. The number of benzene rings is 3. The Morgan fingerprint density at radius 3 is 2.42 bits per heavy atom. The van der Waals surface area contributed by atoms with Gasteiger partial charge in [0.05, 0.1) is 10.5 Å². The van der Waals surface area contributed by atoms with Gasteiger partial charge in [0.25, 0.3) is 5.69 Å². The van der Waals surface area contributed by atoms with Crippen molar-refractivity contribution in [2.75, 3.05) is 25.1 Å². The summed E-state index contributed by atoms with van der Waals surface area (Å²) >= 11 is 0. The quantitative estimate of drug-likeness (QED) is 0.238. The fraction of sp³-hybridized carbons (Fsp3) is 0.167. The fourth-order valence-electron chi connectivity index (χ4n) is 3.27. The number of esters is 1. The maximum absolute atomic E-state index is 12.4. The maximum atomic E-state index is 12.4. The van der Waals surface area contributed by atoms with Crippen LogP contribution in [0.4, 0.5) is 11.4 Å². The van der Waals surface area contributed by atoms with E-state index in [-0.39, 0.29) is 16.9 Å². The van der Waals surface area contributed by atoms with E-state index in [1.54, 1.807) is 12.1 Å². The first kappa shape index (κ1) is 21.8. The number of hydrogen-bond donors (Lipinski definition) is 1. The number of Topliss-reactive ketones (excluding diaryl/α,β-unsaturated/α-hetero) is 1. The van der Waals surface area contributed by atoms with Gasteiger partial charge in [-0.25, -0.2) is 4.79 Å². The van der Waals surface area contributed by atoms with Crippen LogP contribution in [-0.4, -0.2) is 36.5 Å².